The third-order valence-corrected chi connectivity index (χ3v) is 4.30. The number of terminal acetylenes is 1. The van der Waals surface area contributed by atoms with E-state index >= 15 is 0 Å². The van der Waals surface area contributed by atoms with Crippen LogP contribution in [-0.4, -0.2) is 18.9 Å². The van der Waals surface area contributed by atoms with Crippen molar-refractivity contribution in [1.82, 2.24) is 0 Å². The van der Waals surface area contributed by atoms with Gasteiger partial charge in [-0.3, -0.25) is 4.57 Å². The predicted octanol–water partition coefficient (Wildman–Crippen LogP) is 2.27. The average Bonchev–Trinajstić information content (AvgIpc) is 2.01. The van der Waals surface area contributed by atoms with Gasteiger partial charge >= 0.3 is 7.60 Å². The maximum absolute atomic E-state index is 11.8. The summed E-state index contributed by atoms with van der Waals surface area (Å²) in [6.45, 7) is 3.75. The van der Waals surface area contributed by atoms with E-state index in [-0.39, 0.29) is 5.92 Å². The topological polar surface area (TPSA) is 35.5 Å². The molecule has 0 aliphatic carbocycles. The monoisotopic (exact) mass is 202 g/mol. The lowest BCUT2D eigenvalue weighted by atomic mass is 9.95. The van der Waals surface area contributed by atoms with Crippen LogP contribution in [0.2, 0.25) is 0 Å². The fourth-order valence-corrected chi connectivity index (χ4v) is 3.50. The molecule has 1 aliphatic rings. The Morgan fingerprint density at radius 2 is 2.31 bits per heavy atom. The molecule has 13 heavy (non-hydrogen) atoms. The molecule has 1 fully saturated rings. The molecule has 0 N–H and O–H groups in total. The maximum Gasteiger partial charge on any atom is 0.332 e. The van der Waals surface area contributed by atoms with Crippen LogP contribution in [0.5, 0.6) is 0 Å². The van der Waals surface area contributed by atoms with Crippen molar-refractivity contribution in [2.24, 2.45) is 5.92 Å². The second-order valence-electron chi connectivity index (χ2n) is 3.89. The molecule has 0 amide bonds. The van der Waals surface area contributed by atoms with Gasteiger partial charge in [0, 0.05) is 13.0 Å². The van der Waals surface area contributed by atoms with Crippen molar-refractivity contribution in [2.45, 2.75) is 25.9 Å². The normalized spacial score (nSPS) is 38.2. The minimum atomic E-state index is -2.93. The maximum atomic E-state index is 11.8. The molecule has 0 bridgehead atoms. The summed E-state index contributed by atoms with van der Waals surface area (Å²) >= 11 is 0. The lowest BCUT2D eigenvalue weighted by Crippen LogP contribution is -2.33. The summed E-state index contributed by atoms with van der Waals surface area (Å²) in [7, 11) is -1.53. The van der Waals surface area contributed by atoms with Crippen LogP contribution in [0.4, 0.5) is 0 Å². The molecule has 0 radical (unpaired) electrons. The van der Waals surface area contributed by atoms with E-state index < -0.39 is 13.2 Å². The molecule has 2 atom stereocenters. The molecular weight excluding hydrogens is 187 g/mol. The van der Waals surface area contributed by atoms with E-state index in [0.717, 1.165) is 6.42 Å². The fraction of sp³-hybridized carbons (Fsp3) is 0.778. The summed E-state index contributed by atoms with van der Waals surface area (Å²) in [6, 6.07) is 0. The largest absolute Gasteiger partial charge is 0.332 e. The van der Waals surface area contributed by atoms with E-state index in [2.05, 4.69) is 5.92 Å². The molecule has 0 aromatic carbocycles. The van der Waals surface area contributed by atoms with Crippen LogP contribution in [0.1, 0.15) is 20.3 Å². The molecule has 0 spiro atoms. The van der Waals surface area contributed by atoms with Gasteiger partial charge in [-0.1, -0.05) is 0 Å². The third kappa shape index (κ3) is 2.57. The molecular formula is C9H15O3P. The van der Waals surface area contributed by atoms with Gasteiger partial charge in [0.1, 0.15) is 0 Å². The van der Waals surface area contributed by atoms with Crippen molar-refractivity contribution in [3.05, 3.63) is 0 Å². The summed E-state index contributed by atoms with van der Waals surface area (Å²) < 4.78 is 22.1. The van der Waals surface area contributed by atoms with Crippen LogP contribution in [0, 0.1) is 18.3 Å². The Balaban J connectivity index is 2.85. The number of rotatable bonds is 1. The first-order chi connectivity index (χ1) is 5.91. The molecule has 74 valence electrons. The second-order valence-corrected chi connectivity index (χ2v) is 6.03. The first kappa shape index (κ1) is 10.8. The smallest absolute Gasteiger partial charge is 0.312 e. The quantitative estimate of drug-likeness (QED) is 0.483. The molecule has 4 heteroatoms. The van der Waals surface area contributed by atoms with Gasteiger partial charge in [-0.05, 0) is 20.3 Å². The fourth-order valence-electron chi connectivity index (χ4n) is 1.60. The van der Waals surface area contributed by atoms with E-state index in [1.54, 1.807) is 0 Å². The molecule has 0 aromatic rings. The molecule has 1 saturated heterocycles. The highest BCUT2D eigenvalue weighted by atomic mass is 31.2. The molecule has 3 nitrogen and oxygen atoms in total. The van der Waals surface area contributed by atoms with Gasteiger partial charge in [-0.15, -0.1) is 12.3 Å². The van der Waals surface area contributed by atoms with Gasteiger partial charge in [0.15, 0.2) is 0 Å². The Kier molecular flexibility index (Phi) is 2.87. The number of hydrogen-bond donors (Lipinski definition) is 0. The van der Waals surface area contributed by atoms with E-state index in [0.29, 0.717) is 6.16 Å². The number of hydrogen-bond acceptors (Lipinski definition) is 3. The molecule has 1 rings (SSSR count). The molecule has 1 aliphatic heterocycles. The van der Waals surface area contributed by atoms with Gasteiger partial charge in [-0.25, -0.2) is 0 Å². The van der Waals surface area contributed by atoms with E-state index in [1.165, 1.54) is 7.11 Å². The van der Waals surface area contributed by atoms with Gasteiger partial charge in [0.2, 0.25) is 0 Å². The first-order valence-corrected chi connectivity index (χ1v) is 5.95. The zero-order valence-corrected chi connectivity index (χ0v) is 9.14. The first-order valence-electron chi connectivity index (χ1n) is 4.22. The average molecular weight is 202 g/mol. The Hall–Kier alpha value is -0.290. The Labute approximate surface area is 79.3 Å². The van der Waals surface area contributed by atoms with E-state index in [4.69, 9.17) is 15.5 Å². The summed E-state index contributed by atoms with van der Waals surface area (Å²) in [4.78, 5) is 0. The van der Waals surface area contributed by atoms with Crippen molar-refractivity contribution in [3.8, 4) is 12.3 Å². The van der Waals surface area contributed by atoms with Crippen molar-refractivity contribution >= 4 is 7.60 Å². The minimum absolute atomic E-state index is 0.00506. The van der Waals surface area contributed by atoms with E-state index in [9.17, 15) is 4.57 Å². The van der Waals surface area contributed by atoms with Crippen molar-refractivity contribution in [1.29, 1.82) is 0 Å². The lowest BCUT2D eigenvalue weighted by molar-refractivity contribution is 0.0513. The van der Waals surface area contributed by atoms with Crippen LogP contribution in [0.3, 0.4) is 0 Å². The van der Waals surface area contributed by atoms with Crippen LogP contribution < -0.4 is 0 Å². The van der Waals surface area contributed by atoms with E-state index in [1.807, 2.05) is 13.8 Å². The van der Waals surface area contributed by atoms with Crippen LogP contribution in [0.25, 0.3) is 0 Å². The Morgan fingerprint density at radius 3 is 2.77 bits per heavy atom. The highest BCUT2D eigenvalue weighted by molar-refractivity contribution is 7.53. The van der Waals surface area contributed by atoms with Gasteiger partial charge < -0.3 is 9.05 Å². The zero-order valence-electron chi connectivity index (χ0n) is 8.24. The van der Waals surface area contributed by atoms with Crippen molar-refractivity contribution in [2.75, 3.05) is 13.3 Å². The highest BCUT2D eigenvalue weighted by Gasteiger charge is 2.41. The van der Waals surface area contributed by atoms with Crippen molar-refractivity contribution < 1.29 is 13.6 Å². The lowest BCUT2D eigenvalue weighted by Gasteiger charge is -2.37. The van der Waals surface area contributed by atoms with Gasteiger partial charge in [0.25, 0.3) is 0 Å². The minimum Gasteiger partial charge on any atom is -0.312 e. The van der Waals surface area contributed by atoms with Crippen molar-refractivity contribution in [3.63, 3.8) is 0 Å². The Morgan fingerprint density at radius 1 is 1.69 bits per heavy atom. The Bertz CT molecular complexity index is 277. The predicted molar refractivity (Wildman–Crippen MR) is 51.6 cm³/mol. The SMILES string of the molecule is C#CC1CC(C)(C)OP(=O)(OC)C1. The van der Waals surface area contributed by atoms with Gasteiger partial charge in [0.05, 0.1) is 11.8 Å². The third-order valence-electron chi connectivity index (χ3n) is 2.08. The summed E-state index contributed by atoms with van der Waals surface area (Å²) in [5, 5.41) is 0. The zero-order chi connectivity index (χ0) is 10.1. The van der Waals surface area contributed by atoms with Crippen LogP contribution >= 0.6 is 7.60 Å². The second kappa shape index (κ2) is 3.46. The van der Waals surface area contributed by atoms with Crippen LogP contribution in [0.15, 0.2) is 0 Å². The molecule has 0 aromatic heterocycles. The van der Waals surface area contributed by atoms with Gasteiger partial charge in [-0.2, -0.15) is 0 Å². The molecule has 2 unspecified atom stereocenters. The standard InChI is InChI=1S/C9H15O3P/c1-5-8-6-9(2,3)12-13(10,7-8)11-4/h1,8H,6-7H2,2-4H3. The summed E-state index contributed by atoms with van der Waals surface area (Å²) in [5.74, 6) is 2.61. The summed E-state index contributed by atoms with van der Waals surface area (Å²) in [6.07, 6.45) is 6.39. The molecule has 1 heterocycles. The highest BCUT2D eigenvalue weighted by Crippen LogP contribution is 2.57. The molecule has 0 saturated carbocycles. The summed E-state index contributed by atoms with van der Waals surface area (Å²) in [5.41, 5.74) is -0.444. The van der Waals surface area contributed by atoms with Crippen LogP contribution in [-0.2, 0) is 13.6 Å².